The summed E-state index contributed by atoms with van der Waals surface area (Å²) < 4.78 is 24.9. The normalized spacial score (nSPS) is 23.3. The summed E-state index contributed by atoms with van der Waals surface area (Å²) in [6, 6.07) is 0. The lowest BCUT2D eigenvalue weighted by Gasteiger charge is -2.42. The molecule has 1 aliphatic heterocycles. The van der Waals surface area contributed by atoms with Crippen molar-refractivity contribution in [3.63, 3.8) is 0 Å². The van der Waals surface area contributed by atoms with Gasteiger partial charge in [-0.1, -0.05) is 13.8 Å². The highest BCUT2D eigenvalue weighted by atomic mass is 32.2. The molecular formula is C14H30N2O2S. The van der Waals surface area contributed by atoms with E-state index in [9.17, 15) is 8.42 Å². The minimum Gasteiger partial charge on any atom is -0.301 e. The van der Waals surface area contributed by atoms with E-state index in [1.54, 1.807) is 4.31 Å². The van der Waals surface area contributed by atoms with Crippen LogP contribution in [0, 0.1) is 11.8 Å². The second-order valence-corrected chi connectivity index (χ2v) is 8.80. The van der Waals surface area contributed by atoms with Crippen LogP contribution < -0.4 is 0 Å². The second kappa shape index (κ2) is 6.10. The first-order valence-corrected chi connectivity index (χ1v) is 9.06. The topological polar surface area (TPSA) is 40.6 Å². The fourth-order valence-electron chi connectivity index (χ4n) is 2.54. The lowest BCUT2D eigenvalue weighted by Crippen LogP contribution is -2.50. The van der Waals surface area contributed by atoms with Gasteiger partial charge in [0, 0.05) is 25.2 Å². The molecule has 0 unspecified atom stereocenters. The van der Waals surface area contributed by atoms with Gasteiger partial charge in [-0.05, 0) is 45.6 Å². The number of nitrogens with zero attached hydrogens (tertiary/aromatic N) is 2. The summed E-state index contributed by atoms with van der Waals surface area (Å²) in [4.78, 5) is 2.38. The quantitative estimate of drug-likeness (QED) is 0.778. The molecule has 0 spiro atoms. The summed E-state index contributed by atoms with van der Waals surface area (Å²) in [5.41, 5.74) is 0.146. The van der Waals surface area contributed by atoms with Crippen LogP contribution >= 0.6 is 0 Å². The molecule has 1 saturated heterocycles. The van der Waals surface area contributed by atoms with Crippen molar-refractivity contribution < 1.29 is 8.42 Å². The largest absolute Gasteiger partial charge is 0.301 e. The zero-order chi connectivity index (χ0) is 14.8. The van der Waals surface area contributed by atoms with Gasteiger partial charge in [-0.3, -0.25) is 0 Å². The number of rotatable bonds is 5. The molecule has 0 N–H and O–H groups in total. The Balaban J connectivity index is 2.63. The van der Waals surface area contributed by atoms with Crippen molar-refractivity contribution >= 4 is 10.0 Å². The molecule has 0 bridgehead atoms. The number of sulfonamides is 1. The van der Waals surface area contributed by atoms with E-state index in [1.165, 1.54) is 6.26 Å². The van der Waals surface area contributed by atoms with E-state index in [4.69, 9.17) is 0 Å². The third-order valence-electron chi connectivity index (χ3n) is 4.88. The van der Waals surface area contributed by atoms with E-state index >= 15 is 0 Å². The number of hydrogen-bond donors (Lipinski definition) is 0. The van der Waals surface area contributed by atoms with E-state index in [-0.39, 0.29) is 5.54 Å². The van der Waals surface area contributed by atoms with Crippen LogP contribution in [0.3, 0.4) is 0 Å². The van der Waals surface area contributed by atoms with Gasteiger partial charge < -0.3 is 4.90 Å². The van der Waals surface area contributed by atoms with Gasteiger partial charge in [0.1, 0.15) is 0 Å². The number of piperidine rings is 1. The van der Waals surface area contributed by atoms with Crippen LogP contribution in [0.15, 0.2) is 0 Å². The van der Waals surface area contributed by atoms with Gasteiger partial charge >= 0.3 is 0 Å². The smallest absolute Gasteiger partial charge is 0.211 e. The summed E-state index contributed by atoms with van der Waals surface area (Å²) in [5.74, 6) is 1.03. The Morgan fingerprint density at radius 1 is 1.37 bits per heavy atom. The third-order valence-corrected chi connectivity index (χ3v) is 6.15. The zero-order valence-corrected chi connectivity index (χ0v) is 14.1. The summed E-state index contributed by atoms with van der Waals surface area (Å²) in [7, 11) is -0.879. The highest BCUT2D eigenvalue weighted by Crippen LogP contribution is 2.26. The fraction of sp³-hybridized carbons (Fsp3) is 1.00. The van der Waals surface area contributed by atoms with Crippen LogP contribution in [0.2, 0.25) is 0 Å². The van der Waals surface area contributed by atoms with Crippen molar-refractivity contribution in [3.05, 3.63) is 0 Å². The monoisotopic (exact) mass is 290 g/mol. The predicted octanol–water partition coefficient (Wildman–Crippen LogP) is 2.02. The van der Waals surface area contributed by atoms with Crippen LogP contribution in [0.1, 0.15) is 40.5 Å². The molecule has 1 heterocycles. The van der Waals surface area contributed by atoms with Crippen molar-refractivity contribution in [2.75, 3.05) is 32.9 Å². The molecule has 0 aromatic carbocycles. The zero-order valence-electron chi connectivity index (χ0n) is 13.3. The Kier molecular flexibility index (Phi) is 5.43. The van der Waals surface area contributed by atoms with Crippen molar-refractivity contribution in [2.24, 2.45) is 11.8 Å². The summed E-state index contributed by atoms with van der Waals surface area (Å²) >= 11 is 0. The van der Waals surface area contributed by atoms with Crippen molar-refractivity contribution in [2.45, 2.75) is 46.1 Å². The fourth-order valence-corrected chi connectivity index (χ4v) is 3.48. The van der Waals surface area contributed by atoms with Gasteiger partial charge in [0.05, 0.1) is 6.26 Å². The first-order valence-electron chi connectivity index (χ1n) is 7.21. The Labute approximate surface area is 119 Å². The molecule has 114 valence electrons. The summed E-state index contributed by atoms with van der Waals surface area (Å²) in [5, 5.41) is 0. The van der Waals surface area contributed by atoms with E-state index in [0.29, 0.717) is 24.9 Å². The molecule has 0 saturated carbocycles. The van der Waals surface area contributed by atoms with Gasteiger partial charge in [-0.15, -0.1) is 0 Å². The Bertz CT molecular complexity index is 390. The molecule has 1 atom stereocenters. The minimum atomic E-state index is -3.03. The van der Waals surface area contributed by atoms with Crippen LogP contribution in [0.5, 0.6) is 0 Å². The Morgan fingerprint density at radius 3 is 2.42 bits per heavy atom. The van der Waals surface area contributed by atoms with E-state index in [2.05, 4.69) is 39.6 Å². The van der Waals surface area contributed by atoms with Crippen molar-refractivity contribution in [3.8, 4) is 0 Å². The molecule has 1 aliphatic rings. The molecule has 19 heavy (non-hydrogen) atoms. The summed E-state index contributed by atoms with van der Waals surface area (Å²) in [6.45, 7) is 11.3. The number of hydrogen-bond acceptors (Lipinski definition) is 3. The molecular weight excluding hydrogens is 260 g/mol. The highest BCUT2D eigenvalue weighted by molar-refractivity contribution is 7.88. The first kappa shape index (κ1) is 16.9. The molecule has 4 nitrogen and oxygen atoms in total. The Hall–Kier alpha value is -0.130. The molecule has 0 aromatic rings. The third kappa shape index (κ3) is 4.43. The predicted molar refractivity (Wildman–Crippen MR) is 80.7 cm³/mol. The lowest BCUT2D eigenvalue weighted by molar-refractivity contribution is 0.0754. The summed E-state index contributed by atoms with van der Waals surface area (Å²) in [6.07, 6.45) is 3.43. The van der Waals surface area contributed by atoms with Crippen LogP contribution in [0.4, 0.5) is 0 Å². The highest BCUT2D eigenvalue weighted by Gasteiger charge is 2.32. The van der Waals surface area contributed by atoms with E-state index in [0.717, 1.165) is 19.4 Å². The maximum absolute atomic E-state index is 11.6. The standard InChI is InChI=1S/C14H30N2O2S/c1-12(2)14(3,4)15(5)10-13-8-7-9-16(11-13)19(6,17)18/h12-13H,7-11H2,1-6H3/t13-/m0/s1. The molecule has 0 aromatic heterocycles. The first-order chi connectivity index (χ1) is 8.55. The van der Waals surface area contributed by atoms with Gasteiger partial charge in [0.25, 0.3) is 0 Å². The molecule has 0 radical (unpaired) electrons. The van der Waals surface area contributed by atoms with Crippen LogP contribution in [-0.4, -0.2) is 56.1 Å². The SMILES string of the molecule is CC(C)C(C)(C)N(C)C[C@@H]1CCCN(S(C)(=O)=O)C1. The van der Waals surface area contributed by atoms with E-state index in [1.807, 2.05) is 0 Å². The minimum absolute atomic E-state index is 0.146. The van der Waals surface area contributed by atoms with Crippen molar-refractivity contribution in [1.29, 1.82) is 0 Å². The van der Waals surface area contributed by atoms with Gasteiger partial charge in [-0.25, -0.2) is 12.7 Å². The maximum atomic E-state index is 11.6. The van der Waals surface area contributed by atoms with E-state index < -0.39 is 10.0 Å². The molecule has 5 heteroatoms. The van der Waals surface area contributed by atoms with Gasteiger partial charge in [0.15, 0.2) is 0 Å². The Morgan fingerprint density at radius 2 is 1.95 bits per heavy atom. The van der Waals surface area contributed by atoms with Crippen molar-refractivity contribution in [1.82, 2.24) is 9.21 Å². The molecule has 0 aliphatic carbocycles. The maximum Gasteiger partial charge on any atom is 0.211 e. The lowest BCUT2D eigenvalue weighted by atomic mass is 9.87. The van der Waals surface area contributed by atoms with Gasteiger partial charge in [-0.2, -0.15) is 0 Å². The van der Waals surface area contributed by atoms with Crippen LogP contribution in [0.25, 0.3) is 0 Å². The van der Waals surface area contributed by atoms with Crippen LogP contribution in [-0.2, 0) is 10.0 Å². The molecule has 1 fully saturated rings. The molecule has 1 rings (SSSR count). The molecule has 0 amide bonds. The van der Waals surface area contributed by atoms with Gasteiger partial charge in [0.2, 0.25) is 10.0 Å². The second-order valence-electron chi connectivity index (χ2n) is 6.82. The average Bonchev–Trinajstić information content (AvgIpc) is 2.27. The average molecular weight is 290 g/mol.